The molecule has 110 valence electrons. The van der Waals surface area contributed by atoms with Crippen molar-refractivity contribution in [3.63, 3.8) is 0 Å². The van der Waals surface area contributed by atoms with Crippen LogP contribution in [0.1, 0.15) is 26.3 Å². The number of rotatable bonds is 1. The molecule has 1 fully saturated rings. The first-order valence-corrected chi connectivity index (χ1v) is 6.84. The van der Waals surface area contributed by atoms with Crippen LogP contribution >= 0.6 is 0 Å². The van der Waals surface area contributed by atoms with E-state index < -0.39 is 0 Å². The van der Waals surface area contributed by atoms with Crippen LogP contribution < -0.4 is 4.90 Å². The highest BCUT2D eigenvalue weighted by Gasteiger charge is 2.26. The number of fused-ring (bicyclic) bond motifs is 1. The first-order chi connectivity index (χ1) is 9.65. The molecule has 20 heavy (non-hydrogen) atoms. The topological polar surface area (TPSA) is 77.5 Å². The Balaban J connectivity index is 0.000000357. The van der Waals surface area contributed by atoms with Crippen molar-refractivity contribution >= 4 is 17.7 Å². The summed E-state index contributed by atoms with van der Waals surface area (Å²) in [7, 11) is 0. The van der Waals surface area contributed by atoms with Gasteiger partial charge in [0, 0.05) is 30.9 Å². The largest absolute Gasteiger partial charge is 0.389 e. The van der Waals surface area contributed by atoms with Crippen LogP contribution in [0.3, 0.4) is 0 Å². The predicted octanol–water partition coefficient (Wildman–Crippen LogP) is 1.90. The van der Waals surface area contributed by atoms with E-state index in [9.17, 15) is 5.11 Å². The zero-order chi connectivity index (χ0) is 15.1. The number of β-amino-alcohol motifs (C(OH)–C–C–N with tert-alkyl or cyclic N) is 1. The fourth-order valence-electron chi connectivity index (χ4n) is 1.88. The molecule has 3 rings (SSSR count). The summed E-state index contributed by atoms with van der Waals surface area (Å²) >= 11 is 0. The molecule has 2 aromatic rings. The molecule has 1 aliphatic rings. The molecule has 0 saturated carbocycles. The average Bonchev–Trinajstić information content (AvgIpc) is 2.85. The Morgan fingerprint density at radius 2 is 2.00 bits per heavy atom. The molecule has 0 bridgehead atoms. The van der Waals surface area contributed by atoms with E-state index in [1.54, 1.807) is 17.6 Å². The fraction of sp³-hybridized carbons (Fsp3) is 0.500. The molecule has 0 aromatic carbocycles. The molecule has 0 aliphatic carbocycles. The Morgan fingerprint density at radius 1 is 1.40 bits per heavy atom. The lowest BCUT2D eigenvalue weighted by atomic mass is 10.1. The van der Waals surface area contributed by atoms with Crippen LogP contribution in [0.15, 0.2) is 18.5 Å². The third kappa shape index (κ3) is 3.54. The van der Waals surface area contributed by atoms with Crippen LogP contribution in [-0.4, -0.2) is 45.1 Å². The molecular formula is C14H23N5O. The minimum atomic E-state index is -0.202. The number of hydrogen-bond acceptors (Lipinski definition) is 5. The second kappa shape index (κ2) is 7.59. The van der Waals surface area contributed by atoms with E-state index in [0.717, 1.165) is 17.0 Å². The van der Waals surface area contributed by atoms with Gasteiger partial charge in [-0.1, -0.05) is 13.8 Å². The number of hydrogen-bond donors (Lipinski definition) is 2. The van der Waals surface area contributed by atoms with Gasteiger partial charge < -0.3 is 15.4 Å². The van der Waals surface area contributed by atoms with E-state index >= 15 is 0 Å². The lowest BCUT2D eigenvalue weighted by Crippen LogP contribution is -2.51. The molecule has 0 radical (unpaired) electrons. The molecule has 0 unspecified atom stereocenters. The van der Waals surface area contributed by atoms with Gasteiger partial charge in [-0.3, -0.25) is 0 Å². The smallest absolute Gasteiger partial charge is 0.157 e. The summed E-state index contributed by atoms with van der Waals surface area (Å²) in [6.45, 7) is 9.03. The molecule has 0 spiro atoms. The Kier molecular flexibility index (Phi) is 6.11. The quantitative estimate of drug-likeness (QED) is 0.780. The van der Waals surface area contributed by atoms with Crippen LogP contribution in [0.25, 0.3) is 5.65 Å². The Labute approximate surface area is 119 Å². The standard InChI is InChI=1S/C10H12N4O.C2H5N.C2H6/c1-7-4-14-9(2-3-11-14)12-10(7)13-5-8(15)6-13;1-2-3;1-2/h2-4,8,15H,5-6H2,1H3;2-3H,1H3;1-2H3. The summed E-state index contributed by atoms with van der Waals surface area (Å²) in [4.78, 5) is 6.58. The number of nitrogens with one attached hydrogen (secondary N) is 1. The van der Waals surface area contributed by atoms with E-state index in [2.05, 4.69) is 15.0 Å². The summed E-state index contributed by atoms with van der Waals surface area (Å²) in [6, 6.07) is 1.87. The first kappa shape index (κ1) is 16.1. The van der Waals surface area contributed by atoms with E-state index in [4.69, 9.17) is 5.41 Å². The molecule has 0 amide bonds. The van der Waals surface area contributed by atoms with E-state index in [1.165, 1.54) is 6.21 Å². The summed E-state index contributed by atoms with van der Waals surface area (Å²) in [5.41, 5.74) is 1.93. The highest BCUT2D eigenvalue weighted by Crippen LogP contribution is 2.22. The number of aliphatic hydroxyl groups excluding tert-OH is 1. The normalized spacial score (nSPS) is 13.8. The van der Waals surface area contributed by atoms with Gasteiger partial charge in [-0.05, 0) is 20.1 Å². The maximum absolute atomic E-state index is 9.26. The fourth-order valence-corrected chi connectivity index (χ4v) is 1.88. The summed E-state index contributed by atoms with van der Waals surface area (Å²) in [6.07, 6.45) is 4.74. The molecule has 2 aromatic heterocycles. The van der Waals surface area contributed by atoms with Gasteiger partial charge in [0.1, 0.15) is 5.82 Å². The zero-order valence-corrected chi connectivity index (χ0v) is 12.5. The van der Waals surface area contributed by atoms with E-state index in [-0.39, 0.29) is 6.10 Å². The molecule has 6 heteroatoms. The molecule has 6 nitrogen and oxygen atoms in total. The lowest BCUT2D eigenvalue weighted by Gasteiger charge is -2.37. The lowest BCUT2D eigenvalue weighted by molar-refractivity contribution is 0.141. The van der Waals surface area contributed by atoms with Crippen LogP contribution in [0.5, 0.6) is 0 Å². The van der Waals surface area contributed by atoms with Crippen LogP contribution in [0.2, 0.25) is 0 Å². The molecule has 3 heterocycles. The Morgan fingerprint density at radius 3 is 2.55 bits per heavy atom. The maximum atomic E-state index is 9.26. The zero-order valence-electron chi connectivity index (χ0n) is 12.5. The number of aromatic nitrogens is 3. The summed E-state index contributed by atoms with van der Waals surface area (Å²) < 4.78 is 1.76. The van der Waals surface area contributed by atoms with Crippen molar-refractivity contribution in [1.82, 2.24) is 14.6 Å². The van der Waals surface area contributed by atoms with Gasteiger partial charge in [0.15, 0.2) is 5.65 Å². The third-order valence-electron chi connectivity index (χ3n) is 2.70. The van der Waals surface area contributed by atoms with Crippen LogP contribution in [0, 0.1) is 12.3 Å². The SMILES string of the molecule is CC.CC=N.Cc1cn2nccc2nc1N1CC(O)C1. The Bertz CT molecular complexity index is 545. The van der Waals surface area contributed by atoms with Crippen molar-refractivity contribution in [3.8, 4) is 0 Å². The minimum absolute atomic E-state index is 0.202. The molecule has 1 aliphatic heterocycles. The average molecular weight is 277 g/mol. The molecule has 2 N–H and O–H groups in total. The number of aryl methyl sites for hydroxylation is 1. The summed E-state index contributed by atoms with van der Waals surface area (Å²) in [5.74, 6) is 0.952. The van der Waals surface area contributed by atoms with Gasteiger partial charge in [-0.2, -0.15) is 5.10 Å². The van der Waals surface area contributed by atoms with Gasteiger partial charge in [0.2, 0.25) is 0 Å². The third-order valence-corrected chi connectivity index (χ3v) is 2.70. The summed E-state index contributed by atoms with van der Waals surface area (Å²) in [5, 5.41) is 19.5. The van der Waals surface area contributed by atoms with Crippen molar-refractivity contribution in [1.29, 1.82) is 5.41 Å². The second-order valence-corrected chi connectivity index (χ2v) is 4.23. The van der Waals surface area contributed by atoms with E-state index in [0.29, 0.717) is 13.1 Å². The van der Waals surface area contributed by atoms with Crippen molar-refractivity contribution in [2.45, 2.75) is 33.8 Å². The van der Waals surface area contributed by atoms with Crippen molar-refractivity contribution in [3.05, 3.63) is 24.0 Å². The monoisotopic (exact) mass is 277 g/mol. The first-order valence-electron chi connectivity index (χ1n) is 6.84. The Hall–Kier alpha value is -1.95. The molecule has 1 saturated heterocycles. The van der Waals surface area contributed by atoms with Crippen molar-refractivity contribution < 1.29 is 5.11 Å². The highest BCUT2D eigenvalue weighted by atomic mass is 16.3. The van der Waals surface area contributed by atoms with E-state index in [1.807, 2.05) is 33.0 Å². The van der Waals surface area contributed by atoms with Gasteiger partial charge in [-0.15, -0.1) is 0 Å². The van der Waals surface area contributed by atoms with Gasteiger partial charge in [0.05, 0.1) is 12.3 Å². The van der Waals surface area contributed by atoms with Crippen LogP contribution in [0.4, 0.5) is 5.82 Å². The number of anilines is 1. The van der Waals surface area contributed by atoms with Gasteiger partial charge >= 0.3 is 0 Å². The highest BCUT2D eigenvalue weighted by molar-refractivity contribution is 5.54. The maximum Gasteiger partial charge on any atom is 0.157 e. The molecular weight excluding hydrogens is 254 g/mol. The second-order valence-electron chi connectivity index (χ2n) is 4.23. The number of nitrogens with zero attached hydrogens (tertiary/aromatic N) is 4. The van der Waals surface area contributed by atoms with Crippen LogP contribution in [-0.2, 0) is 0 Å². The number of aliphatic hydroxyl groups is 1. The van der Waals surface area contributed by atoms with Gasteiger partial charge in [-0.25, -0.2) is 9.50 Å². The minimum Gasteiger partial charge on any atom is -0.389 e. The molecule has 0 atom stereocenters. The van der Waals surface area contributed by atoms with Gasteiger partial charge in [0.25, 0.3) is 0 Å². The van der Waals surface area contributed by atoms with Crippen molar-refractivity contribution in [2.75, 3.05) is 18.0 Å². The predicted molar refractivity (Wildman–Crippen MR) is 81.7 cm³/mol. The van der Waals surface area contributed by atoms with Crippen molar-refractivity contribution in [2.24, 2.45) is 0 Å².